The second kappa shape index (κ2) is 6.51. The molecule has 2 nitrogen and oxygen atoms in total. The van der Waals surface area contributed by atoms with Gasteiger partial charge in [0, 0.05) is 28.4 Å². The zero-order valence-electron chi connectivity index (χ0n) is 12.5. The molecule has 2 aromatic rings. The first-order valence-corrected chi connectivity index (χ1v) is 7.69. The van der Waals surface area contributed by atoms with E-state index in [0.29, 0.717) is 6.04 Å². The second-order valence-corrected chi connectivity index (χ2v) is 6.22. The molecule has 0 spiro atoms. The van der Waals surface area contributed by atoms with Gasteiger partial charge in [0.2, 0.25) is 0 Å². The van der Waals surface area contributed by atoms with Crippen LogP contribution in [0.3, 0.4) is 0 Å². The Morgan fingerprint density at radius 2 is 1.80 bits per heavy atom. The molecule has 1 unspecified atom stereocenters. The fourth-order valence-electron chi connectivity index (χ4n) is 2.66. The molecule has 1 aromatic heterocycles. The summed E-state index contributed by atoms with van der Waals surface area (Å²) in [4.78, 5) is 4.58. The van der Waals surface area contributed by atoms with Crippen LogP contribution in [0.1, 0.15) is 41.0 Å². The summed E-state index contributed by atoms with van der Waals surface area (Å²) in [6.07, 6.45) is 0. The van der Waals surface area contributed by atoms with Gasteiger partial charge in [0.1, 0.15) is 0 Å². The molecule has 1 atom stereocenters. The number of pyridine rings is 1. The Morgan fingerprint density at radius 3 is 2.40 bits per heavy atom. The summed E-state index contributed by atoms with van der Waals surface area (Å²) < 4.78 is 1.11. The minimum absolute atomic E-state index is 0.298. The van der Waals surface area contributed by atoms with E-state index in [0.717, 1.165) is 22.4 Å². The van der Waals surface area contributed by atoms with Gasteiger partial charge in [-0.1, -0.05) is 28.1 Å². The number of hydrogen-bond donors (Lipinski definition) is 1. The predicted molar refractivity (Wildman–Crippen MR) is 87.8 cm³/mol. The Morgan fingerprint density at radius 1 is 1.15 bits per heavy atom. The van der Waals surface area contributed by atoms with E-state index < -0.39 is 0 Å². The Kier molecular flexibility index (Phi) is 4.95. The summed E-state index contributed by atoms with van der Waals surface area (Å²) in [5.74, 6) is 0. The normalized spacial score (nSPS) is 12.4. The van der Waals surface area contributed by atoms with E-state index in [1.807, 2.05) is 6.92 Å². The van der Waals surface area contributed by atoms with Crippen LogP contribution in [0, 0.1) is 20.8 Å². The van der Waals surface area contributed by atoms with Gasteiger partial charge in [0.25, 0.3) is 0 Å². The van der Waals surface area contributed by atoms with Crippen molar-refractivity contribution in [2.75, 3.05) is 0 Å². The van der Waals surface area contributed by atoms with E-state index in [1.165, 1.54) is 16.7 Å². The number of halogens is 1. The van der Waals surface area contributed by atoms with Crippen molar-refractivity contribution in [3.05, 3.63) is 62.9 Å². The van der Waals surface area contributed by atoms with Gasteiger partial charge in [-0.15, -0.1) is 0 Å². The topological polar surface area (TPSA) is 24.9 Å². The summed E-state index contributed by atoms with van der Waals surface area (Å²) in [7, 11) is 0. The highest BCUT2D eigenvalue weighted by atomic mass is 79.9. The summed E-state index contributed by atoms with van der Waals surface area (Å²) in [6, 6.07) is 10.9. The minimum atomic E-state index is 0.298. The Hall–Kier alpha value is -1.19. The van der Waals surface area contributed by atoms with Gasteiger partial charge in [-0.2, -0.15) is 0 Å². The van der Waals surface area contributed by atoms with Gasteiger partial charge in [0.15, 0.2) is 0 Å². The lowest BCUT2D eigenvalue weighted by molar-refractivity contribution is 0.566. The highest BCUT2D eigenvalue weighted by Gasteiger charge is 2.12. The van der Waals surface area contributed by atoms with Gasteiger partial charge in [-0.05, 0) is 62.6 Å². The molecule has 3 heteroatoms. The third-order valence-electron chi connectivity index (χ3n) is 3.54. The zero-order chi connectivity index (χ0) is 14.7. The zero-order valence-corrected chi connectivity index (χ0v) is 14.1. The fraction of sp³-hybridized carbons (Fsp3) is 0.353. The van der Waals surface area contributed by atoms with Crippen LogP contribution in [0.25, 0.3) is 0 Å². The van der Waals surface area contributed by atoms with E-state index in [4.69, 9.17) is 0 Å². The highest BCUT2D eigenvalue weighted by molar-refractivity contribution is 9.10. The van der Waals surface area contributed by atoms with Gasteiger partial charge in [-0.3, -0.25) is 4.98 Å². The van der Waals surface area contributed by atoms with E-state index in [9.17, 15) is 0 Å². The van der Waals surface area contributed by atoms with Crippen molar-refractivity contribution in [3.63, 3.8) is 0 Å². The van der Waals surface area contributed by atoms with Crippen molar-refractivity contribution >= 4 is 15.9 Å². The number of aryl methyl sites for hydroxylation is 3. The molecule has 0 aliphatic heterocycles. The molecule has 0 bridgehead atoms. The van der Waals surface area contributed by atoms with Crippen LogP contribution in [0.5, 0.6) is 0 Å². The van der Waals surface area contributed by atoms with Crippen LogP contribution in [0.15, 0.2) is 34.8 Å². The molecule has 0 saturated carbocycles. The molecule has 2 rings (SSSR count). The van der Waals surface area contributed by atoms with Crippen LogP contribution < -0.4 is 5.32 Å². The van der Waals surface area contributed by atoms with Crippen LogP contribution in [-0.4, -0.2) is 4.98 Å². The van der Waals surface area contributed by atoms with Crippen LogP contribution >= 0.6 is 15.9 Å². The second-order valence-electron chi connectivity index (χ2n) is 5.31. The van der Waals surface area contributed by atoms with Crippen molar-refractivity contribution < 1.29 is 0 Å². The number of nitrogens with zero attached hydrogens (tertiary/aromatic N) is 1. The van der Waals surface area contributed by atoms with Crippen molar-refractivity contribution in [3.8, 4) is 0 Å². The summed E-state index contributed by atoms with van der Waals surface area (Å²) in [5.41, 5.74) is 6.12. The summed E-state index contributed by atoms with van der Waals surface area (Å²) >= 11 is 3.46. The van der Waals surface area contributed by atoms with Gasteiger partial charge in [0.05, 0.1) is 0 Å². The maximum absolute atomic E-state index is 4.58. The smallest absolute Gasteiger partial charge is 0.0426 e. The molecular weight excluding hydrogens is 312 g/mol. The van der Waals surface area contributed by atoms with Gasteiger partial charge < -0.3 is 5.32 Å². The lowest BCUT2D eigenvalue weighted by Crippen LogP contribution is -2.20. The number of nitrogens with one attached hydrogen (secondary N) is 1. The quantitative estimate of drug-likeness (QED) is 0.883. The largest absolute Gasteiger partial charge is 0.306 e. The Bertz CT molecular complexity index is 567. The van der Waals surface area contributed by atoms with Crippen molar-refractivity contribution in [2.45, 2.75) is 40.3 Å². The molecule has 0 radical (unpaired) electrons. The molecule has 0 amide bonds. The fourth-order valence-corrected chi connectivity index (χ4v) is 2.93. The van der Waals surface area contributed by atoms with E-state index in [1.54, 1.807) is 0 Å². The van der Waals surface area contributed by atoms with E-state index >= 15 is 0 Å². The lowest BCUT2D eigenvalue weighted by atomic mass is 10.00. The van der Waals surface area contributed by atoms with E-state index in [-0.39, 0.29) is 0 Å². The third kappa shape index (κ3) is 3.68. The Balaban J connectivity index is 2.09. The minimum Gasteiger partial charge on any atom is -0.306 e. The maximum atomic E-state index is 4.58. The Labute approximate surface area is 129 Å². The molecule has 1 aromatic carbocycles. The van der Waals surface area contributed by atoms with Gasteiger partial charge >= 0.3 is 0 Å². The number of hydrogen-bond acceptors (Lipinski definition) is 2. The van der Waals surface area contributed by atoms with Crippen molar-refractivity contribution in [2.24, 2.45) is 0 Å². The number of benzene rings is 1. The first-order valence-electron chi connectivity index (χ1n) is 6.90. The van der Waals surface area contributed by atoms with Crippen molar-refractivity contribution in [1.29, 1.82) is 0 Å². The number of aromatic nitrogens is 1. The molecule has 0 saturated heterocycles. The molecule has 20 heavy (non-hydrogen) atoms. The SMILES string of the molecule is Cc1cc(C)c(C(C)NCc2ccc(Br)cc2)c(C)n1. The monoisotopic (exact) mass is 332 g/mol. The van der Waals surface area contributed by atoms with Crippen LogP contribution in [-0.2, 0) is 6.54 Å². The standard InChI is InChI=1S/C17H21BrN2/c1-11-9-12(2)20-14(4)17(11)13(3)19-10-15-5-7-16(18)8-6-15/h5-9,13,19H,10H2,1-4H3. The highest BCUT2D eigenvalue weighted by Crippen LogP contribution is 2.21. The van der Waals surface area contributed by atoms with E-state index in [2.05, 4.69) is 77.3 Å². The molecular formula is C17H21BrN2. The molecule has 0 aliphatic rings. The average Bonchev–Trinajstić information content (AvgIpc) is 2.37. The number of rotatable bonds is 4. The van der Waals surface area contributed by atoms with Crippen LogP contribution in [0.2, 0.25) is 0 Å². The maximum Gasteiger partial charge on any atom is 0.0426 e. The molecule has 106 valence electrons. The lowest BCUT2D eigenvalue weighted by Gasteiger charge is -2.19. The summed E-state index contributed by atoms with van der Waals surface area (Å²) in [5, 5.41) is 3.58. The van der Waals surface area contributed by atoms with Crippen molar-refractivity contribution in [1.82, 2.24) is 10.3 Å². The first kappa shape index (κ1) is 15.2. The first-order chi connectivity index (χ1) is 9.47. The molecule has 1 N–H and O–H groups in total. The average molecular weight is 333 g/mol. The molecule has 0 fully saturated rings. The van der Waals surface area contributed by atoms with Crippen LogP contribution in [0.4, 0.5) is 0 Å². The third-order valence-corrected chi connectivity index (χ3v) is 4.07. The predicted octanol–water partition coefficient (Wildman–Crippen LogP) is 4.62. The summed E-state index contributed by atoms with van der Waals surface area (Å²) in [6.45, 7) is 9.36. The molecule has 0 aliphatic carbocycles. The van der Waals surface area contributed by atoms with Gasteiger partial charge in [-0.25, -0.2) is 0 Å². The molecule has 1 heterocycles.